The Morgan fingerprint density at radius 3 is 2.54 bits per heavy atom. The zero-order valence-electron chi connectivity index (χ0n) is 15.2. The summed E-state index contributed by atoms with van der Waals surface area (Å²) in [5, 5.41) is 0. The lowest BCUT2D eigenvalue weighted by molar-refractivity contribution is -0.126. The number of carbonyl (C=O) groups is 1. The van der Waals surface area contributed by atoms with E-state index in [1.807, 2.05) is 0 Å². The summed E-state index contributed by atoms with van der Waals surface area (Å²) < 4.78 is 39.5. The van der Waals surface area contributed by atoms with E-state index in [0.717, 1.165) is 16.3 Å². The van der Waals surface area contributed by atoms with Crippen molar-refractivity contribution in [2.45, 2.75) is 6.54 Å². The second kappa shape index (κ2) is 9.66. The van der Waals surface area contributed by atoms with Crippen molar-refractivity contribution < 1.29 is 17.6 Å². The molecule has 0 saturated carbocycles. The van der Waals surface area contributed by atoms with Crippen molar-refractivity contribution in [3.05, 3.63) is 82.6 Å². The highest BCUT2D eigenvalue weighted by Crippen LogP contribution is 2.18. The average molecular weight is 467 g/mol. The number of anilines is 1. The van der Waals surface area contributed by atoms with Crippen LogP contribution in [0.3, 0.4) is 0 Å². The van der Waals surface area contributed by atoms with E-state index in [4.69, 9.17) is 0 Å². The normalized spacial score (nSPS) is 11.4. The van der Waals surface area contributed by atoms with Crippen LogP contribution in [0.15, 0.2) is 65.7 Å². The number of nitrogens with zero attached hydrogens (tertiary/aromatic N) is 1. The van der Waals surface area contributed by atoms with Gasteiger partial charge in [-0.3, -0.25) is 9.52 Å². The van der Waals surface area contributed by atoms with Gasteiger partial charge in [0.25, 0.3) is 0 Å². The van der Waals surface area contributed by atoms with Gasteiger partial charge in [0.15, 0.2) is 0 Å². The molecule has 0 bridgehead atoms. The molecule has 2 rings (SSSR count). The van der Waals surface area contributed by atoms with E-state index in [0.29, 0.717) is 11.3 Å². The number of rotatable bonds is 8. The van der Waals surface area contributed by atoms with E-state index in [-0.39, 0.29) is 24.8 Å². The van der Waals surface area contributed by atoms with E-state index in [2.05, 4.69) is 27.2 Å². The van der Waals surface area contributed by atoms with Crippen LogP contribution < -0.4 is 4.72 Å². The molecule has 0 aromatic heterocycles. The molecule has 148 valence electrons. The minimum atomic E-state index is -3.34. The Morgan fingerprint density at radius 1 is 1.25 bits per heavy atom. The summed E-state index contributed by atoms with van der Waals surface area (Å²) in [5.74, 6) is -0.680. The second-order valence-corrected chi connectivity index (χ2v) is 8.74. The Morgan fingerprint density at radius 2 is 1.93 bits per heavy atom. The standard InChI is InChI=1S/C20H20BrFN2O3S/c1-3-12-24(14-16-13-17(21)7-10-19(16)22)20(25)11-6-15-4-8-18(9-5-15)23-28(2,26)27/h3-11,13,23H,1,12,14H2,2H3/b11-6+. The number of hydrogen-bond donors (Lipinski definition) is 1. The van der Waals surface area contributed by atoms with Gasteiger partial charge in [-0.1, -0.05) is 34.1 Å². The van der Waals surface area contributed by atoms with Gasteiger partial charge >= 0.3 is 0 Å². The van der Waals surface area contributed by atoms with Gasteiger partial charge in [-0.2, -0.15) is 0 Å². The Labute approximate surface area is 172 Å². The largest absolute Gasteiger partial charge is 0.331 e. The van der Waals surface area contributed by atoms with Crippen LogP contribution in [-0.2, 0) is 21.4 Å². The van der Waals surface area contributed by atoms with Crippen molar-refractivity contribution in [2.24, 2.45) is 0 Å². The summed E-state index contributed by atoms with van der Waals surface area (Å²) in [5.41, 5.74) is 1.55. The topological polar surface area (TPSA) is 66.5 Å². The number of carbonyl (C=O) groups excluding carboxylic acids is 1. The first-order valence-electron chi connectivity index (χ1n) is 8.27. The maximum Gasteiger partial charge on any atom is 0.247 e. The van der Waals surface area contributed by atoms with Crippen LogP contribution in [0.1, 0.15) is 11.1 Å². The number of benzene rings is 2. The molecule has 0 aliphatic heterocycles. The Balaban J connectivity index is 2.10. The molecule has 0 atom stereocenters. The molecule has 1 N–H and O–H groups in total. The molecule has 0 aliphatic carbocycles. The molecule has 8 heteroatoms. The van der Waals surface area contributed by atoms with Gasteiger partial charge in [-0.05, 0) is 42.0 Å². The molecule has 0 saturated heterocycles. The quantitative estimate of drug-likeness (QED) is 0.468. The Bertz CT molecular complexity index is 989. The molecular formula is C20H20BrFN2O3S. The highest BCUT2D eigenvalue weighted by molar-refractivity contribution is 9.10. The van der Waals surface area contributed by atoms with Crippen LogP contribution in [0.4, 0.5) is 10.1 Å². The summed E-state index contributed by atoms with van der Waals surface area (Å²) in [7, 11) is -3.34. The van der Waals surface area contributed by atoms with Crippen LogP contribution in [0, 0.1) is 5.82 Å². The fourth-order valence-corrected chi connectivity index (χ4v) is 3.38. The van der Waals surface area contributed by atoms with Crippen LogP contribution in [0.2, 0.25) is 0 Å². The molecule has 0 aliphatic rings. The monoisotopic (exact) mass is 466 g/mol. The number of amides is 1. The number of nitrogens with one attached hydrogen (secondary N) is 1. The van der Waals surface area contributed by atoms with Gasteiger partial charge in [0.2, 0.25) is 15.9 Å². The third-order valence-corrected chi connectivity index (χ3v) is 4.76. The van der Waals surface area contributed by atoms with Crippen LogP contribution in [0.5, 0.6) is 0 Å². The Kier molecular flexibility index (Phi) is 7.53. The molecule has 2 aromatic carbocycles. The first-order valence-corrected chi connectivity index (χ1v) is 11.0. The lowest BCUT2D eigenvalue weighted by Gasteiger charge is -2.20. The smallest absolute Gasteiger partial charge is 0.247 e. The van der Waals surface area contributed by atoms with Gasteiger partial charge in [0.1, 0.15) is 5.82 Å². The number of halogens is 2. The summed E-state index contributed by atoms with van der Waals surface area (Å²) in [6.45, 7) is 4.02. The minimum absolute atomic E-state index is 0.109. The molecule has 0 radical (unpaired) electrons. The zero-order valence-corrected chi connectivity index (χ0v) is 17.6. The van der Waals surface area contributed by atoms with Crippen molar-refractivity contribution in [3.8, 4) is 0 Å². The molecule has 2 aromatic rings. The third kappa shape index (κ3) is 6.94. The molecule has 28 heavy (non-hydrogen) atoms. The highest BCUT2D eigenvalue weighted by atomic mass is 79.9. The summed E-state index contributed by atoms with van der Waals surface area (Å²) in [6, 6.07) is 11.1. The fraction of sp³-hybridized carbons (Fsp3) is 0.150. The molecule has 5 nitrogen and oxygen atoms in total. The minimum Gasteiger partial charge on any atom is -0.331 e. The predicted molar refractivity (Wildman–Crippen MR) is 114 cm³/mol. The van der Waals surface area contributed by atoms with Crippen LogP contribution >= 0.6 is 15.9 Å². The zero-order chi connectivity index (χ0) is 20.7. The molecule has 1 amide bonds. The SMILES string of the molecule is C=CCN(Cc1cc(Br)ccc1F)C(=O)/C=C/c1ccc(NS(C)(=O)=O)cc1. The highest BCUT2D eigenvalue weighted by Gasteiger charge is 2.13. The molecule has 0 unspecified atom stereocenters. The van der Waals surface area contributed by atoms with Crippen molar-refractivity contribution >= 4 is 43.6 Å². The third-order valence-electron chi connectivity index (χ3n) is 3.66. The maximum absolute atomic E-state index is 14.0. The van der Waals surface area contributed by atoms with Crippen LogP contribution in [-0.4, -0.2) is 32.0 Å². The molecule has 0 fully saturated rings. The van der Waals surface area contributed by atoms with Crippen molar-refractivity contribution in [3.63, 3.8) is 0 Å². The summed E-state index contributed by atoms with van der Waals surface area (Å²) in [6.07, 6.45) is 5.65. The Hall–Kier alpha value is -2.45. The molecule has 0 spiro atoms. The van der Waals surface area contributed by atoms with E-state index in [1.165, 1.54) is 17.0 Å². The van der Waals surface area contributed by atoms with Gasteiger partial charge in [-0.15, -0.1) is 6.58 Å². The van der Waals surface area contributed by atoms with Crippen molar-refractivity contribution in [2.75, 3.05) is 17.5 Å². The maximum atomic E-state index is 14.0. The average Bonchev–Trinajstić information content (AvgIpc) is 2.62. The molecule has 0 heterocycles. The lowest BCUT2D eigenvalue weighted by atomic mass is 10.1. The van der Waals surface area contributed by atoms with Gasteiger partial charge in [-0.25, -0.2) is 12.8 Å². The first kappa shape index (κ1) is 21.8. The lowest BCUT2D eigenvalue weighted by Crippen LogP contribution is -2.29. The summed E-state index contributed by atoms with van der Waals surface area (Å²) >= 11 is 3.30. The summed E-state index contributed by atoms with van der Waals surface area (Å²) in [4.78, 5) is 14.0. The van der Waals surface area contributed by atoms with E-state index in [1.54, 1.807) is 48.6 Å². The second-order valence-electron chi connectivity index (χ2n) is 6.07. The predicted octanol–water partition coefficient (Wildman–Crippen LogP) is 4.19. The fourth-order valence-electron chi connectivity index (χ4n) is 2.41. The van der Waals surface area contributed by atoms with Crippen molar-refractivity contribution in [1.82, 2.24) is 4.90 Å². The van der Waals surface area contributed by atoms with Gasteiger partial charge < -0.3 is 4.90 Å². The number of sulfonamides is 1. The van der Waals surface area contributed by atoms with Crippen LogP contribution in [0.25, 0.3) is 6.08 Å². The van der Waals surface area contributed by atoms with Gasteiger partial charge in [0.05, 0.1) is 6.26 Å². The first-order chi connectivity index (χ1) is 13.2. The number of hydrogen-bond acceptors (Lipinski definition) is 3. The molecular weight excluding hydrogens is 447 g/mol. The van der Waals surface area contributed by atoms with E-state index >= 15 is 0 Å². The van der Waals surface area contributed by atoms with E-state index in [9.17, 15) is 17.6 Å². The van der Waals surface area contributed by atoms with Gasteiger partial charge in [0, 0.05) is 34.9 Å². The van der Waals surface area contributed by atoms with Crippen molar-refractivity contribution in [1.29, 1.82) is 0 Å². The van der Waals surface area contributed by atoms with E-state index < -0.39 is 10.0 Å².